The van der Waals surface area contributed by atoms with E-state index in [1.807, 2.05) is 49.3 Å². The van der Waals surface area contributed by atoms with Crippen molar-refractivity contribution in [2.24, 2.45) is 5.92 Å². The molecule has 1 aromatic heterocycles. The topological polar surface area (TPSA) is 80.8 Å². The average Bonchev–Trinajstić information content (AvgIpc) is 2.88. The van der Waals surface area contributed by atoms with Gasteiger partial charge in [0.25, 0.3) is 0 Å². The number of aromatic nitrogens is 2. The van der Waals surface area contributed by atoms with Crippen LogP contribution in [0, 0.1) is 5.92 Å². The normalized spacial score (nSPS) is 17.7. The Hall–Kier alpha value is -3.26. The monoisotopic (exact) mass is 479 g/mol. The van der Waals surface area contributed by atoms with Gasteiger partial charge in [0.05, 0.1) is 26.8 Å². The van der Waals surface area contributed by atoms with Gasteiger partial charge in [0.2, 0.25) is 11.7 Å². The van der Waals surface area contributed by atoms with E-state index in [1.165, 1.54) is 12.8 Å². The van der Waals surface area contributed by atoms with Crippen LogP contribution in [0.1, 0.15) is 31.2 Å². The molecule has 35 heavy (non-hydrogen) atoms. The summed E-state index contributed by atoms with van der Waals surface area (Å²) in [6.07, 6.45) is 4.56. The molecule has 1 saturated carbocycles. The molecule has 8 nitrogen and oxygen atoms in total. The van der Waals surface area contributed by atoms with Gasteiger partial charge in [0.1, 0.15) is 5.82 Å². The van der Waals surface area contributed by atoms with Gasteiger partial charge in [0.15, 0.2) is 11.5 Å². The third-order valence-corrected chi connectivity index (χ3v) is 6.72. The van der Waals surface area contributed by atoms with Crippen LogP contribution in [0.3, 0.4) is 0 Å². The molecule has 188 valence electrons. The third-order valence-electron chi connectivity index (χ3n) is 6.72. The minimum Gasteiger partial charge on any atom is -0.493 e. The SMILES string of the molecule is COc1ccc(CNCC2CCC(Nc3nc(N(C)C)c4ccccc4n3)CC2)c(OC)c1OC. The van der Waals surface area contributed by atoms with Crippen molar-refractivity contribution in [2.75, 3.05) is 52.2 Å². The maximum absolute atomic E-state index is 5.60. The summed E-state index contributed by atoms with van der Waals surface area (Å²) in [4.78, 5) is 11.6. The number of anilines is 2. The van der Waals surface area contributed by atoms with Crippen molar-refractivity contribution in [1.82, 2.24) is 15.3 Å². The van der Waals surface area contributed by atoms with Crippen LogP contribution in [0.4, 0.5) is 11.8 Å². The lowest BCUT2D eigenvalue weighted by atomic mass is 9.86. The van der Waals surface area contributed by atoms with Gasteiger partial charge in [-0.05, 0) is 56.3 Å². The Bertz CT molecular complexity index is 1130. The quantitative estimate of drug-likeness (QED) is 0.441. The number of fused-ring (bicyclic) bond motifs is 1. The standard InChI is InChI=1S/C27H37N5O3/c1-32(2)26-21-8-6-7-9-22(21)30-27(31-26)29-20-13-10-18(11-14-20)16-28-17-19-12-15-23(33-3)25(35-5)24(19)34-4/h6-9,12,15,18,20,28H,10-11,13-14,16-17H2,1-5H3,(H,29,30,31). The highest BCUT2D eigenvalue weighted by Crippen LogP contribution is 2.39. The fourth-order valence-electron chi connectivity index (χ4n) is 4.87. The first-order valence-corrected chi connectivity index (χ1v) is 12.2. The molecule has 0 amide bonds. The third kappa shape index (κ3) is 5.70. The van der Waals surface area contributed by atoms with Crippen LogP contribution in [-0.4, -0.2) is 58.0 Å². The largest absolute Gasteiger partial charge is 0.493 e. The van der Waals surface area contributed by atoms with Gasteiger partial charge in [-0.25, -0.2) is 4.98 Å². The van der Waals surface area contributed by atoms with Crippen molar-refractivity contribution in [1.29, 1.82) is 0 Å². The fourth-order valence-corrected chi connectivity index (χ4v) is 4.87. The number of methoxy groups -OCH3 is 3. The van der Waals surface area contributed by atoms with Crippen molar-refractivity contribution in [2.45, 2.75) is 38.3 Å². The molecule has 3 aromatic rings. The molecule has 0 bridgehead atoms. The second-order valence-corrected chi connectivity index (χ2v) is 9.27. The van der Waals surface area contributed by atoms with Gasteiger partial charge >= 0.3 is 0 Å². The van der Waals surface area contributed by atoms with E-state index in [9.17, 15) is 0 Å². The fraction of sp³-hybridized carbons (Fsp3) is 0.481. The van der Waals surface area contributed by atoms with Gasteiger partial charge in [0, 0.05) is 37.6 Å². The van der Waals surface area contributed by atoms with Crippen LogP contribution in [-0.2, 0) is 6.54 Å². The van der Waals surface area contributed by atoms with Gasteiger partial charge in [-0.1, -0.05) is 18.2 Å². The maximum atomic E-state index is 5.60. The lowest BCUT2D eigenvalue weighted by molar-refractivity contribution is 0.315. The molecule has 0 spiro atoms. The predicted octanol–water partition coefficient (Wildman–Crippen LogP) is 4.48. The van der Waals surface area contributed by atoms with Crippen molar-refractivity contribution < 1.29 is 14.2 Å². The summed E-state index contributed by atoms with van der Waals surface area (Å²) in [5, 5.41) is 8.28. The minimum absolute atomic E-state index is 0.397. The Balaban J connectivity index is 1.30. The lowest BCUT2D eigenvalue weighted by Gasteiger charge is -2.29. The number of ether oxygens (including phenoxy) is 3. The zero-order valence-electron chi connectivity index (χ0n) is 21.4. The summed E-state index contributed by atoms with van der Waals surface area (Å²) in [5.74, 6) is 4.34. The van der Waals surface area contributed by atoms with Crippen LogP contribution in [0.5, 0.6) is 17.2 Å². The highest BCUT2D eigenvalue weighted by Gasteiger charge is 2.23. The molecule has 1 fully saturated rings. The summed E-state index contributed by atoms with van der Waals surface area (Å²) in [5.41, 5.74) is 2.03. The molecule has 0 radical (unpaired) electrons. The van der Waals surface area contributed by atoms with Gasteiger partial charge in [-0.2, -0.15) is 4.98 Å². The number of nitrogens with one attached hydrogen (secondary N) is 2. The molecular weight excluding hydrogens is 442 g/mol. The van der Waals surface area contributed by atoms with Crippen LogP contribution in [0.15, 0.2) is 36.4 Å². The summed E-state index contributed by atoms with van der Waals surface area (Å²) in [7, 11) is 8.97. The van der Waals surface area contributed by atoms with E-state index >= 15 is 0 Å². The van der Waals surface area contributed by atoms with E-state index in [0.29, 0.717) is 23.5 Å². The van der Waals surface area contributed by atoms with Crippen LogP contribution in [0.25, 0.3) is 10.9 Å². The molecule has 0 aliphatic heterocycles. The Morgan fingerprint density at radius 2 is 1.63 bits per heavy atom. The van der Waals surface area contributed by atoms with Gasteiger partial charge in [-0.15, -0.1) is 0 Å². The van der Waals surface area contributed by atoms with Crippen molar-refractivity contribution in [3.05, 3.63) is 42.0 Å². The number of benzene rings is 2. The molecule has 1 aliphatic carbocycles. The second kappa shape index (κ2) is 11.4. The Morgan fingerprint density at radius 3 is 2.31 bits per heavy atom. The number of hydrogen-bond donors (Lipinski definition) is 2. The molecule has 0 unspecified atom stereocenters. The number of hydrogen-bond acceptors (Lipinski definition) is 8. The highest BCUT2D eigenvalue weighted by molar-refractivity contribution is 5.90. The molecule has 0 saturated heterocycles. The van der Waals surface area contributed by atoms with E-state index in [1.54, 1.807) is 21.3 Å². The van der Waals surface area contributed by atoms with E-state index in [4.69, 9.17) is 24.2 Å². The Morgan fingerprint density at radius 1 is 0.886 bits per heavy atom. The summed E-state index contributed by atoms with van der Waals surface area (Å²) < 4.78 is 16.5. The smallest absolute Gasteiger partial charge is 0.225 e. The molecule has 2 aromatic carbocycles. The molecular formula is C27H37N5O3. The van der Waals surface area contributed by atoms with E-state index in [-0.39, 0.29) is 0 Å². The summed E-state index contributed by atoms with van der Waals surface area (Å²) >= 11 is 0. The van der Waals surface area contributed by atoms with Crippen molar-refractivity contribution in [3.63, 3.8) is 0 Å². The second-order valence-electron chi connectivity index (χ2n) is 9.27. The first-order chi connectivity index (χ1) is 17.0. The number of rotatable bonds is 10. The number of nitrogens with zero attached hydrogens (tertiary/aromatic N) is 3. The van der Waals surface area contributed by atoms with Gasteiger partial charge < -0.3 is 29.7 Å². The van der Waals surface area contributed by atoms with Crippen molar-refractivity contribution >= 4 is 22.7 Å². The Kier molecular flexibility index (Phi) is 8.13. The average molecular weight is 480 g/mol. The van der Waals surface area contributed by atoms with Gasteiger partial charge in [-0.3, -0.25) is 0 Å². The zero-order chi connectivity index (χ0) is 24.8. The Labute approximate surface area is 208 Å². The first-order valence-electron chi connectivity index (χ1n) is 12.2. The summed E-state index contributed by atoms with van der Waals surface area (Å²) in [6.45, 7) is 1.70. The number of para-hydroxylation sites is 1. The van der Waals surface area contributed by atoms with E-state index in [0.717, 1.165) is 59.9 Å². The summed E-state index contributed by atoms with van der Waals surface area (Å²) in [6, 6.07) is 12.5. The van der Waals surface area contributed by atoms with Crippen LogP contribution < -0.4 is 29.7 Å². The van der Waals surface area contributed by atoms with Crippen molar-refractivity contribution in [3.8, 4) is 17.2 Å². The van der Waals surface area contributed by atoms with Crippen LogP contribution in [0.2, 0.25) is 0 Å². The van der Waals surface area contributed by atoms with E-state index < -0.39 is 0 Å². The van der Waals surface area contributed by atoms with Crippen LogP contribution >= 0.6 is 0 Å². The minimum atomic E-state index is 0.397. The first kappa shape index (κ1) is 24.9. The molecule has 4 rings (SSSR count). The molecule has 8 heteroatoms. The molecule has 0 atom stereocenters. The lowest BCUT2D eigenvalue weighted by Crippen LogP contribution is -2.31. The predicted molar refractivity (Wildman–Crippen MR) is 141 cm³/mol. The molecule has 2 N–H and O–H groups in total. The zero-order valence-corrected chi connectivity index (χ0v) is 21.4. The van der Waals surface area contributed by atoms with E-state index in [2.05, 4.69) is 16.7 Å². The highest BCUT2D eigenvalue weighted by atomic mass is 16.5. The molecule has 1 heterocycles. The maximum Gasteiger partial charge on any atom is 0.225 e. The molecule has 1 aliphatic rings.